The van der Waals surface area contributed by atoms with Crippen molar-refractivity contribution >= 4 is 17.7 Å². The standard InChI is InChI=1S/C20H33N3O4/c1-5-6-7-10-22-19(26)17-14-9-8-12(2)15(18(25)21-4)16(14)20(27)23(17)13(3)11-24/h8-9,12-17,24H,5-7,10-11H2,1-4H3,(H,21,25)(H,22,26)/t12-,13-,14+,15-,16+,17+/m1/s1. The van der Waals surface area contributed by atoms with Crippen LogP contribution in [0.3, 0.4) is 0 Å². The molecule has 0 aromatic rings. The minimum absolute atomic E-state index is 0.0900. The van der Waals surface area contributed by atoms with Crippen LogP contribution in [0.15, 0.2) is 12.2 Å². The molecule has 0 aromatic heterocycles. The lowest BCUT2D eigenvalue weighted by atomic mass is 9.70. The molecule has 7 heteroatoms. The van der Waals surface area contributed by atoms with Crippen LogP contribution >= 0.6 is 0 Å². The first-order valence-corrected chi connectivity index (χ1v) is 9.99. The van der Waals surface area contributed by atoms with Gasteiger partial charge in [0.25, 0.3) is 0 Å². The molecule has 0 saturated carbocycles. The van der Waals surface area contributed by atoms with Gasteiger partial charge in [-0.2, -0.15) is 0 Å². The fourth-order valence-electron chi connectivity index (χ4n) is 4.36. The van der Waals surface area contributed by atoms with Crippen molar-refractivity contribution in [2.24, 2.45) is 23.7 Å². The Balaban J connectivity index is 2.32. The maximum Gasteiger partial charge on any atom is 0.243 e. The van der Waals surface area contributed by atoms with Gasteiger partial charge in [0.15, 0.2) is 0 Å². The molecule has 0 radical (unpaired) electrons. The second-order valence-corrected chi connectivity index (χ2v) is 7.71. The van der Waals surface area contributed by atoms with Crippen LogP contribution in [0.1, 0.15) is 40.0 Å². The average Bonchev–Trinajstić information content (AvgIpc) is 2.96. The molecule has 0 spiro atoms. The molecule has 2 aliphatic rings. The number of amides is 3. The van der Waals surface area contributed by atoms with Crippen molar-refractivity contribution in [3.63, 3.8) is 0 Å². The van der Waals surface area contributed by atoms with E-state index in [4.69, 9.17) is 0 Å². The Labute approximate surface area is 161 Å². The topological polar surface area (TPSA) is 98.7 Å². The van der Waals surface area contributed by atoms with Crippen LogP contribution in [0.4, 0.5) is 0 Å². The number of hydrogen-bond acceptors (Lipinski definition) is 4. The molecule has 0 unspecified atom stereocenters. The second-order valence-electron chi connectivity index (χ2n) is 7.71. The maximum absolute atomic E-state index is 13.2. The third kappa shape index (κ3) is 4.18. The van der Waals surface area contributed by atoms with E-state index in [1.165, 1.54) is 4.90 Å². The number of aliphatic hydroxyl groups excluding tert-OH is 1. The molecule has 27 heavy (non-hydrogen) atoms. The van der Waals surface area contributed by atoms with Crippen LogP contribution in [0.5, 0.6) is 0 Å². The van der Waals surface area contributed by atoms with Gasteiger partial charge >= 0.3 is 0 Å². The summed E-state index contributed by atoms with van der Waals surface area (Å²) in [4.78, 5) is 40.1. The summed E-state index contributed by atoms with van der Waals surface area (Å²) in [6.45, 7) is 6.08. The molecule has 152 valence electrons. The Morgan fingerprint density at radius 3 is 2.56 bits per heavy atom. The summed E-state index contributed by atoms with van der Waals surface area (Å²) in [6.07, 6.45) is 6.82. The van der Waals surface area contributed by atoms with Crippen LogP contribution < -0.4 is 10.6 Å². The third-order valence-corrected chi connectivity index (χ3v) is 5.85. The van der Waals surface area contributed by atoms with E-state index in [1.54, 1.807) is 14.0 Å². The van der Waals surface area contributed by atoms with Gasteiger partial charge in [0.2, 0.25) is 17.7 Å². The van der Waals surface area contributed by atoms with E-state index in [0.29, 0.717) is 6.54 Å². The number of nitrogens with zero attached hydrogens (tertiary/aromatic N) is 1. The van der Waals surface area contributed by atoms with E-state index in [1.807, 2.05) is 19.1 Å². The second kappa shape index (κ2) is 9.35. The lowest BCUT2D eigenvalue weighted by Gasteiger charge is -2.32. The number of likely N-dealkylation sites (tertiary alicyclic amines) is 1. The Bertz CT molecular complexity index is 592. The molecule has 0 aromatic carbocycles. The SMILES string of the molecule is CCCCCNC(=O)[C@@H]1[C@H]2C=C[C@@H](C)[C@@H](C(=O)NC)[C@H]2C(=O)N1[C@H](C)CO. The van der Waals surface area contributed by atoms with Crippen molar-refractivity contribution < 1.29 is 19.5 Å². The first-order chi connectivity index (χ1) is 12.9. The molecule has 1 fully saturated rings. The summed E-state index contributed by atoms with van der Waals surface area (Å²) in [7, 11) is 1.56. The lowest BCUT2D eigenvalue weighted by molar-refractivity contribution is -0.142. The molecule has 7 nitrogen and oxygen atoms in total. The molecular formula is C20H33N3O4. The number of hydrogen-bond donors (Lipinski definition) is 3. The predicted octanol–water partition coefficient (Wildman–Crippen LogP) is 0.685. The summed E-state index contributed by atoms with van der Waals surface area (Å²) in [5.74, 6) is -2.16. The van der Waals surface area contributed by atoms with Crippen LogP contribution in [-0.2, 0) is 14.4 Å². The number of nitrogens with one attached hydrogen (secondary N) is 2. The highest BCUT2D eigenvalue weighted by atomic mass is 16.3. The largest absolute Gasteiger partial charge is 0.394 e. The number of carbonyl (C=O) groups excluding carboxylic acids is 3. The monoisotopic (exact) mass is 379 g/mol. The van der Waals surface area contributed by atoms with E-state index >= 15 is 0 Å². The quantitative estimate of drug-likeness (QED) is 0.427. The molecule has 1 aliphatic carbocycles. The van der Waals surface area contributed by atoms with Crippen LogP contribution in [0, 0.1) is 23.7 Å². The van der Waals surface area contributed by atoms with Crippen molar-refractivity contribution in [1.29, 1.82) is 0 Å². The van der Waals surface area contributed by atoms with Crippen LogP contribution in [-0.4, -0.2) is 60.0 Å². The first kappa shape index (κ1) is 21.4. The zero-order valence-corrected chi connectivity index (χ0v) is 16.8. The number of unbranched alkanes of at least 4 members (excludes halogenated alkanes) is 2. The molecule has 0 bridgehead atoms. The highest BCUT2D eigenvalue weighted by molar-refractivity contribution is 5.96. The molecule has 6 atom stereocenters. The smallest absolute Gasteiger partial charge is 0.243 e. The molecular weight excluding hydrogens is 346 g/mol. The fraction of sp³-hybridized carbons (Fsp3) is 0.750. The van der Waals surface area contributed by atoms with E-state index < -0.39 is 23.9 Å². The minimum atomic E-state index is -0.692. The van der Waals surface area contributed by atoms with Crippen molar-refractivity contribution in [3.8, 4) is 0 Å². The fourth-order valence-corrected chi connectivity index (χ4v) is 4.36. The maximum atomic E-state index is 13.2. The van der Waals surface area contributed by atoms with Crippen molar-refractivity contribution in [1.82, 2.24) is 15.5 Å². The van der Waals surface area contributed by atoms with E-state index in [9.17, 15) is 19.5 Å². The van der Waals surface area contributed by atoms with E-state index in [2.05, 4.69) is 17.6 Å². The summed E-state index contributed by atoms with van der Waals surface area (Å²) in [6, 6.07) is -1.18. The number of fused-ring (bicyclic) bond motifs is 1. The molecule has 1 heterocycles. The van der Waals surface area contributed by atoms with E-state index in [-0.39, 0.29) is 36.2 Å². The number of rotatable bonds is 8. The van der Waals surface area contributed by atoms with Gasteiger partial charge in [0.1, 0.15) is 6.04 Å². The zero-order valence-electron chi connectivity index (χ0n) is 16.8. The Morgan fingerprint density at radius 2 is 1.96 bits per heavy atom. The highest BCUT2D eigenvalue weighted by Gasteiger charge is 2.57. The minimum Gasteiger partial charge on any atom is -0.394 e. The van der Waals surface area contributed by atoms with Gasteiger partial charge in [0, 0.05) is 19.5 Å². The van der Waals surface area contributed by atoms with Gasteiger partial charge < -0.3 is 20.6 Å². The van der Waals surface area contributed by atoms with E-state index in [0.717, 1.165) is 19.3 Å². The summed E-state index contributed by atoms with van der Waals surface area (Å²) < 4.78 is 0. The first-order valence-electron chi connectivity index (χ1n) is 9.99. The van der Waals surface area contributed by atoms with Gasteiger partial charge in [-0.3, -0.25) is 14.4 Å². The van der Waals surface area contributed by atoms with Crippen LogP contribution in [0.2, 0.25) is 0 Å². The van der Waals surface area contributed by atoms with Crippen LogP contribution in [0.25, 0.3) is 0 Å². The van der Waals surface area contributed by atoms with Gasteiger partial charge in [-0.05, 0) is 19.3 Å². The summed E-state index contributed by atoms with van der Waals surface area (Å²) in [5, 5.41) is 15.2. The normalized spacial score (nSPS) is 30.8. The van der Waals surface area contributed by atoms with Crippen molar-refractivity contribution in [2.45, 2.75) is 52.1 Å². The number of aliphatic hydroxyl groups is 1. The zero-order chi connectivity index (χ0) is 20.1. The Morgan fingerprint density at radius 1 is 1.26 bits per heavy atom. The summed E-state index contributed by atoms with van der Waals surface area (Å²) >= 11 is 0. The van der Waals surface area contributed by atoms with Crippen molar-refractivity contribution in [3.05, 3.63) is 12.2 Å². The van der Waals surface area contributed by atoms with Gasteiger partial charge in [0.05, 0.1) is 24.5 Å². The summed E-state index contributed by atoms with van der Waals surface area (Å²) in [5.41, 5.74) is 0. The Kier molecular flexibility index (Phi) is 7.41. The average molecular weight is 380 g/mol. The van der Waals surface area contributed by atoms with Gasteiger partial charge in [-0.25, -0.2) is 0 Å². The molecule has 2 rings (SSSR count). The molecule has 1 aliphatic heterocycles. The number of allylic oxidation sites excluding steroid dienone is 1. The Hall–Kier alpha value is -1.89. The molecule has 3 amide bonds. The predicted molar refractivity (Wildman–Crippen MR) is 103 cm³/mol. The third-order valence-electron chi connectivity index (χ3n) is 5.85. The van der Waals surface area contributed by atoms with Crippen molar-refractivity contribution in [2.75, 3.05) is 20.2 Å². The lowest BCUT2D eigenvalue weighted by Crippen LogP contribution is -2.51. The van der Waals surface area contributed by atoms with Gasteiger partial charge in [-0.1, -0.05) is 38.8 Å². The molecule has 3 N–H and O–H groups in total. The number of carbonyl (C=O) groups is 3. The van der Waals surface area contributed by atoms with Gasteiger partial charge in [-0.15, -0.1) is 0 Å². The highest BCUT2D eigenvalue weighted by Crippen LogP contribution is 2.44. The molecule has 1 saturated heterocycles.